The standard InChI is InChI=1S/C12H13BrO2/c1-7-6-8(2)12(13)9(3)10(7)4-5-11(14)15/h4-6H,1-3H3,(H,14,15)/b5-4-. The van der Waals surface area contributed by atoms with Crippen LogP contribution in [0.1, 0.15) is 22.3 Å². The molecule has 0 atom stereocenters. The maximum Gasteiger partial charge on any atom is 0.328 e. The smallest absolute Gasteiger partial charge is 0.328 e. The van der Waals surface area contributed by atoms with E-state index in [2.05, 4.69) is 15.9 Å². The number of benzene rings is 1. The van der Waals surface area contributed by atoms with Gasteiger partial charge in [-0.2, -0.15) is 0 Å². The number of rotatable bonds is 2. The fraction of sp³-hybridized carbons (Fsp3) is 0.250. The molecule has 1 aromatic rings. The number of carboxylic acids is 1. The van der Waals surface area contributed by atoms with Crippen LogP contribution in [0.25, 0.3) is 6.08 Å². The van der Waals surface area contributed by atoms with Gasteiger partial charge in [0.15, 0.2) is 0 Å². The predicted octanol–water partition coefficient (Wildman–Crippen LogP) is 3.47. The number of aliphatic carboxylic acids is 1. The summed E-state index contributed by atoms with van der Waals surface area (Å²) in [5, 5.41) is 8.58. The molecule has 0 unspecified atom stereocenters. The second-order valence-electron chi connectivity index (χ2n) is 3.53. The van der Waals surface area contributed by atoms with Gasteiger partial charge in [-0.05, 0) is 49.1 Å². The Kier molecular flexibility index (Phi) is 3.69. The van der Waals surface area contributed by atoms with E-state index in [1.54, 1.807) is 6.08 Å². The first kappa shape index (κ1) is 12.0. The summed E-state index contributed by atoms with van der Waals surface area (Å²) in [6.07, 6.45) is 2.80. The molecule has 15 heavy (non-hydrogen) atoms. The molecule has 0 aliphatic rings. The number of carbonyl (C=O) groups is 1. The minimum atomic E-state index is -0.925. The second-order valence-corrected chi connectivity index (χ2v) is 4.33. The van der Waals surface area contributed by atoms with Crippen LogP contribution in [-0.4, -0.2) is 11.1 Å². The molecule has 0 aliphatic heterocycles. The molecule has 1 N–H and O–H groups in total. The van der Waals surface area contributed by atoms with Gasteiger partial charge in [0.2, 0.25) is 0 Å². The molecule has 0 heterocycles. The number of hydrogen-bond acceptors (Lipinski definition) is 1. The number of hydrogen-bond donors (Lipinski definition) is 1. The Balaban J connectivity index is 3.30. The van der Waals surface area contributed by atoms with Gasteiger partial charge in [0.25, 0.3) is 0 Å². The van der Waals surface area contributed by atoms with Gasteiger partial charge in [0, 0.05) is 10.5 Å². The Morgan fingerprint density at radius 3 is 2.47 bits per heavy atom. The highest BCUT2D eigenvalue weighted by atomic mass is 79.9. The van der Waals surface area contributed by atoms with Crippen molar-refractivity contribution in [2.24, 2.45) is 0 Å². The van der Waals surface area contributed by atoms with Crippen molar-refractivity contribution in [3.05, 3.63) is 38.9 Å². The Hall–Kier alpha value is -1.09. The first-order valence-corrected chi connectivity index (χ1v) is 5.40. The molecule has 0 saturated carbocycles. The van der Waals surface area contributed by atoms with E-state index in [9.17, 15) is 4.79 Å². The van der Waals surface area contributed by atoms with Crippen molar-refractivity contribution in [1.82, 2.24) is 0 Å². The van der Waals surface area contributed by atoms with Gasteiger partial charge in [0.05, 0.1) is 0 Å². The molecule has 2 nitrogen and oxygen atoms in total. The van der Waals surface area contributed by atoms with Crippen LogP contribution >= 0.6 is 15.9 Å². The van der Waals surface area contributed by atoms with Crippen molar-refractivity contribution in [1.29, 1.82) is 0 Å². The van der Waals surface area contributed by atoms with Crippen molar-refractivity contribution < 1.29 is 9.90 Å². The van der Waals surface area contributed by atoms with E-state index in [-0.39, 0.29) is 0 Å². The Bertz CT molecular complexity index is 434. The average Bonchev–Trinajstić information content (AvgIpc) is 2.14. The van der Waals surface area contributed by atoms with Crippen LogP contribution in [0.4, 0.5) is 0 Å². The first-order valence-electron chi connectivity index (χ1n) is 4.60. The SMILES string of the molecule is Cc1cc(C)c(/C=C\C(=O)O)c(C)c1Br. The fourth-order valence-corrected chi connectivity index (χ4v) is 1.91. The number of aryl methyl sites for hydroxylation is 2. The summed E-state index contributed by atoms with van der Waals surface area (Å²) < 4.78 is 1.04. The van der Waals surface area contributed by atoms with Crippen molar-refractivity contribution in [3.63, 3.8) is 0 Å². The lowest BCUT2D eigenvalue weighted by Gasteiger charge is -2.10. The zero-order chi connectivity index (χ0) is 11.6. The Morgan fingerprint density at radius 2 is 1.93 bits per heavy atom. The van der Waals surface area contributed by atoms with Gasteiger partial charge < -0.3 is 5.11 Å². The van der Waals surface area contributed by atoms with E-state index in [4.69, 9.17) is 5.11 Å². The maximum atomic E-state index is 10.4. The van der Waals surface area contributed by atoms with Crippen LogP contribution in [0, 0.1) is 20.8 Å². The van der Waals surface area contributed by atoms with E-state index in [1.807, 2.05) is 26.8 Å². The van der Waals surface area contributed by atoms with Crippen molar-refractivity contribution in [2.45, 2.75) is 20.8 Å². The summed E-state index contributed by atoms with van der Waals surface area (Å²) in [5.74, 6) is -0.925. The molecular weight excluding hydrogens is 256 g/mol. The largest absolute Gasteiger partial charge is 0.478 e. The van der Waals surface area contributed by atoms with Gasteiger partial charge in [-0.15, -0.1) is 0 Å². The average molecular weight is 269 g/mol. The normalized spacial score (nSPS) is 10.9. The van der Waals surface area contributed by atoms with E-state index in [0.29, 0.717) is 0 Å². The van der Waals surface area contributed by atoms with Gasteiger partial charge in [0.1, 0.15) is 0 Å². The molecule has 0 bridgehead atoms. The molecule has 0 aliphatic carbocycles. The topological polar surface area (TPSA) is 37.3 Å². The van der Waals surface area contributed by atoms with Crippen molar-refractivity contribution in [3.8, 4) is 0 Å². The Labute approximate surface area is 97.8 Å². The number of halogens is 1. The molecule has 0 aromatic heterocycles. The van der Waals surface area contributed by atoms with E-state index in [1.165, 1.54) is 0 Å². The lowest BCUT2D eigenvalue weighted by atomic mass is 9.99. The van der Waals surface area contributed by atoms with Gasteiger partial charge >= 0.3 is 5.97 Å². The van der Waals surface area contributed by atoms with Gasteiger partial charge in [-0.25, -0.2) is 4.79 Å². The maximum absolute atomic E-state index is 10.4. The number of carboxylic acid groups (broad SMARTS) is 1. The van der Waals surface area contributed by atoms with Gasteiger partial charge in [-0.3, -0.25) is 0 Å². The van der Waals surface area contributed by atoms with Crippen LogP contribution in [0.5, 0.6) is 0 Å². The summed E-state index contributed by atoms with van der Waals surface area (Å²) in [6.45, 7) is 5.98. The zero-order valence-electron chi connectivity index (χ0n) is 8.97. The minimum Gasteiger partial charge on any atom is -0.478 e. The third kappa shape index (κ3) is 2.69. The molecule has 80 valence electrons. The highest BCUT2D eigenvalue weighted by molar-refractivity contribution is 9.10. The summed E-state index contributed by atoms with van der Waals surface area (Å²) in [7, 11) is 0. The molecule has 0 saturated heterocycles. The van der Waals surface area contributed by atoms with E-state index < -0.39 is 5.97 Å². The van der Waals surface area contributed by atoms with Crippen LogP contribution in [-0.2, 0) is 4.79 Å². The second kappa shape index (κ2) is 4.62. The third-order valence-corrected chi connectivity index (χ3v) is 3.55. The monoisotopic (exact) mass is 268 g/mol. The highest BCUT2D eigenvalue weighted by Crippen LogP contribution is 2.27. The van der Waals surface area contributed by atoms with Gasteiger partial charge in [-0.1, -0.05) is 22.0 Å². The summed E-state index contributed by atoms with van der Waals surface area (Å²) in [4.78, 5) is 10.4. The molecule has 0 amide bonds. The molecular formula is C12H13BrO2. The molecule has 1 aromatic carbocycles. The molecule has 0 fully saturated rings. The molecule has 3 heteroatoms. The minimum absolute atomic E-state index is 0.925. The quantitative estimate of drug-likeness (QED) is 0.834. The van der Waals surface area contributed by atoms with Crippen LogP contribution in [0.3, 0.4) is 0 Å². The summed E-state index contributed by atoms with van der Waals surface area (Å²) >= 11 is 3.49. The predicted molar refractivity (Wildman–Crippen MR) is 65.0 cm³/mol. The van der Waals surface area contributed by atoms with E-state index >= 15 is 0 Å². The highest BCUT2D eigenvalue weighted by Gasteiger charge is 2.06. The van der Waals surface area contributed by atoms with Crippen LogP contribution < -0.4 is 0 Å². The van der Waals surface area contributed by atoms with E-state index in [0.717, 1.165) is 32.8 Å². The zero-order valence-corrected chi connectivity index (χ0v) is 10.6. The lowest BCUT2D eigenvalue weighted by Crippen LogP contribution is -1.93. The lowest BCUT2D eigenvalue weighted by molar-refractivity contribution is -0.131. The van der Waals surface area contributed by atoms with Crippen molar-refractivity contribution >= 4 is 28.0 Å². The fourth-order valence-electron chi connectivity index (χ4n) is 1.59. The van der Waals surface area contributed by atoms with Crippen LogP contribution in [0.15, 0.2) is 16.6 Å². The first-order chi connectivity index (χ1) is 6.93. The summed E-state index contributed by atoms with van der Waals surface area (Å²) in [6, 6.07) is 2.04. The molecule has 1 rings (SSSR count). The third-order valence-electron chi connectivity index (χ3n) is 2.33. The van der Waals surface area contributed by atoms with Crippen LogP contribution in [0.2, 0.25) is 0 Å². The summed E-state index contributed by atoms with van der Waals surface area (Å²) in [5.41, 5.74) is 4.29. The Morgan fingerprint density at radius 1 is 1.33 bits per heavy atom. The molecule has 0 radical (unpaired) electrons. The molecule has 0 spiro atoms. The van der Waals surface area contributed by atoms with Crippen molar-refractivity contribution in [2.75, 3.05) is 0 Å².